The van der Waals surface area contributed by atoms with E-state index >= 15 is 0 Å². The fourth-order valence-electron chi connectivity index (χ4n) is 5.18. The van der Waals surface area contributed by atoms with Crippen molar-refractivity contribution in [2.45, 2.75) is 57.4 Å². The molecule has 0 heterocycles. The minimum atomic E-state index is 0.325. The van der Waals surface area contributed by atoms with E-state index in [1.54, 1.807) is 0 Å². The highest BCUT2D eigenvalue weighted by Crippen LogP contribution is 2.58. The molecule has 0 saturated heterocycles. The lowest BCUT2D eigenvalue weighted by Crippen LogP contribution is -2.58. The molecule has 98 valence electrons. The maximum absolute atomic E-state index is 9.37. The minimum Gasteiger partial charge on any atom is -0.361 e. The molecular weight excluding hydrogens is 220 g/mol. The van der Waals surface area contributed by atoms with Crippen molar-refractivity contribution in [1.29, 1.82) is 5.26 Å². The molecule has 0 amide bonds. The Kier molecular flexibility index (Phi) is 2.88. The molecule has 0 atom stereocenters. The summed E-state index contributed by atoms with van der Waals surface area (Å²) in [6, 6.07) is 2.41. The zero-order chi connectivity index (χ0) is 12.8. The highest BCUT2D eigenvalue weighted by atomic mass is 15.2. The van der Waals surface area contributed by atoms with Crippen LogP contribution in [0, 0.1) is 29.1 Å². The molecule has 0 aromatic carbocycles. The van der Waals surface area contributed by atoms with Gasteiger partial charge < -0.3 is 4.90 Å². The number of rotatable bonds is 3. The Morgan fingerprint density at radius 3 is 2.11 bits per heavy atom. The van der Waals surface area contributed by atoms with Gasteiger partial charge in [-0.3, -0.25) is 0 Å². The number of hydrogen-bond donors (Lipinski definition) is 0. The predicted molar refractivity (Wildman–Crippen MR) is 72.7 cm³/mol. The zero-order valence-electron chi connectivity index (χ0n) is 11.7. The summed E-state index contributed by atoms with van der Waals surface area (Å²) in [5, 5.41) is 9.37. The van der Waals surface area contributed by atoms with E-state index in [-0.39, 0.29) is 0 Å². The van der Waals surface area contributed by atoms with Crippen molar-refractivity contribution in [1.82, 2.24) is 4.90 Å². The highest BCUT2D eigenvalue weighted by molar-refractivity contribution is 5.23. The van der Waals surface area contributed by atoms with Gasteiger partial charge in [-0.25, -0.2) is 0 Å². The van der Waals surface area contributed by atoms with Crippen LogP contribution in [-0.4, -0.2) is 17.5 Å². The van der Waals surface area contributed by atoms with Crippen molar-refractivity contribution in [2.75, 3.05) is 7.05 Å². The second kappa shape index (κ2) is 4.30. The van der Waals surface area contributed by atoms with E-state index in [1.807, 2.05) is 0 Å². The van der Waals surface area contributed by atoms with Crippen LogP contribution < -0.4 is 0 Å². The fraction of sp³-hybridized carbons (Fsp3) is 0.812. The van der Waals surface area contributed by atoms with Gasteiger partial charge in [0.05, 0.1) is 0 Å². The molecule has 4 fully saturated rings. The number of allylic oxidation sites excluding steroid dienone is 2. The third-order valence-corrected chi connectivity index (χ3v) is 5.59. The first-order chi connectivity index (χ1) is 8.66. The highest BCUT2D eigenvalue weighted by Gasteiger charge is 2.53. The molecule has 0 aromatic heterocycles. The lowest BCUT2D eigenvalue weighted by molar-refractivity contribution is -0.0651. The Morgan fingerprint density at radius 2 is 1.72 bits per heavy atom. The van der Waals surface area contributed by atoms with Crippen LogP contribution in [0.15, 0.2) is 11.8 Å². The normalized spacial score (nSPS) is 41.8. The Morgan fingerprint density at radius 1 is 1.22 bits per heavy atom. The summed E-state index contributed by atoms with van der Waals surface area (Å²) in [4.78, 5) is 2.35. The van der Waals surface area contributed by atoms with Crippen LogP contribution >= 0.6 is 0 Å². The van der Waals surface area contributed by atoms with Crippen molar-refractivity contribution >= 4 is 0 Å². The van der Waals surface area contributed by atoms with Crippen molar-refractivity contribution in [3.8, 4) is 6.07 Å². The van der Waals surface area contributed by atoms with Crippen molar-refractivity contribution in [2.24, 2.45) is 17.8 Å². The Balaban J connectivity index is 1.87. The van der Waals surface area contributed by atoms with Gasteiger partial charge >= 0.3 is 0 Å². The van der Waals surface area contributed by atoms with E-state index in [9.17, 15) is 5.26 Å². The lowest BCUT2D eigenvalue weighted by Gasteiger charge is -2.60. The first-order valence-electron chi connectivity index (χ1n) is 7.51. The average molecular weight is 244 g/mol. The second-order valence-corrected chi connectivity index (χ2v) is 6.81. The summed E-state index contributed by atoms with van der Waals surface area (Å²) in [7, 11) is 2.16. The molecule has 2 heteroatoms. The van der Waals surface area contributed by atoms with Crippen LogP contribution in [0.1, 0.15) is 51.9 Å². The van der Waals surface area contributed by atoms with E-state index in [2.05, 4.69) is 31.0 Å². The average Bonchev–Trinajstić information content (AvgIpc) is 2.33. The summed E-state index contributed by atoms with van der Waals surface area (Å²) in [6.07, 6.45) is 11.4. The molecule has 4 bridgehead atoms. The maximum atomic E-state index is 9.37. The lowest BCUT2D eigenvalue weighted by atomic mass is 9.52. The van der Waals surface area contributed by atoms with Gasteiger partial charge in [0.15, 0.2) is 0 Å². The van der Waals surface area contributed by atoms with Gasteiger partial charge in [-0.15, -0.1) is 0 Å². The van der Waals surface area contributed by atoms with Crippen molar-refractivity contribution in [3.05, 3.63) is 11.8 Å². The van der Waals surface area contributed by atoms with Crippen LogP contribution in [0.2, 0.25) is 0 Å². The quantitative estimate of drug-likeness (QED) is 0.708. The van der Waals surface area contributed by atoms with E-state index in [0.717, 1.165) is 29.9 Å². The van der Waals surface area contributed by atoms with Crippen molar-refractivity contribution in [3.63, 3.8) is 0 Å². The number of nitrogens with zero attached hydrogens (tertiary/aromatic N) is 2. The van der Waals surface area contributed by atoms with E-state index < -0.39 is 0 Å². The van der Waals surface area contributed by atoms with Gasteiger partial charge in [-0.2, -0.15) is 5.26 Å². The first-order valence-corrected chi connectivity index (χ1v) is 7.51. The molecular formula is C16H24N2. The third kappa shape index (κ3) is 1.76. The van der Waals surface area contributed by atoms with Gasteiger partial charge in [0.1, 0.15) is 11.8 Å². The summed E-state index contributed by atoms with van der Waals surface area (Å²) < 4.78 is 0. The van der Waals surface area contributed by atoms with Gasteiger partial charge in [-0.05, 0) is 62.7 Å². The molecule has 0 radical (unpaired) electrons. The van der Waals surface area contributed by atoms with Crippen LogP contribution in [0.25, 0.3) is 0 Å². The van der Waals surface area contributed by atoms with E-state index in [1.165, 1.54) is 38.5 Å². The number of nitriles is 1. The van der Waals surface area contributed by atoms with Crippen LogP contribution in [0.4, 0.5) is 0 Å². The summed E-state index contributed by atoms with van der Waals surface area (Å²) in [5.41, 5.74) is 1.23. The molecule has 4 rings (SSSR count). The molecule has 0 aromatic rings. The Bertz CT molecular complexity index is 367. The van der Waals surface area contributed by atoms with Crippen LogP contribution in [0.3, 0.4) is 0 Å². The Labute approximate surface area is 111 Å². The van der Waals surface area contributed by atoms with Gasteiger partial charge in [0, 0.05) is 12.6 Å². The smallest absolute Gasteiger partial charge is 0.117 e. The van der Waals surface area contributed by atoms with Gasteiger partial charge in [-0.1, -0.05) is 13.0 Å². The predicted octanol–water partition coefficient (Wildman–Crippen LogP) is 3.70. The minimum absolute atomic E-state index is 0.325. The SMILES string of the molecule is CC/C=C(\C#N)N(C)C12CC3CC(CC(C3)C1)C2. The summed E-state index contributed by atoms with van der Waals surface area (Å²) >= 11 is 0. The van der Waals surface area contributed by atoms with Gasteiger partial charge in [0.2, 0.25) is 0 Å². The molecule has 4 saturated carbocycles. The molecule has 18 heavy (non-hydrogen) atoms. The zero-order valence-corrected chi connectivity index (χ0v) is 11.7. The molecule has 4 aliphatic rings. The summed E-state index contributed by atoms with van der Waals surface area (Å²) in [5.74, 6) is 2.83. The standard InChI is InChI=1S/C16H24N2/c1-3-4-15(11-17)18(2)16-8-12-5-13(9-16)7-14(6-12)10-16/h4,12-14H,3,5-10H2,1-2H3/b15-4+. The molecule has 0 spiro atoms. The molecule has 2 nitrogen and oxygen atoms in total. The first kappa shape index (κ1) is 12.1. The summed E-state index contributed by atoms with van der Waals surface area (Å²) in [6.45, 7) is 2.12. The molecule has 0 unspecified atom stereocenters. The fourth-order valence-corrected chi connectivity index (χ4v) is 5.18. The topological polar surface area (TPSA) is 27.0 Å². The third-order valence-electron chi connectivity index (χ3n) is 5.59. The molecule has 0 aliphatic heterocycles. The Hall–Kier alpha value is -0.970. The van der Waals surface area contributed by atoms with Crippen LogP contribution in [0.5, 0.6) is 0 Å². The van der Waals surface area contributed by atoms with E-state index in [0.29, 0.717) is 5.54 Å². The van der Waals surface area contributed by atoms with Gasteiger partial charge in [0.25, 0.3) is 0 Å². The molecule has 4 aliphatic carbocycles. The van der Waals surface area contributed by atoms with Crippen molar-refractivity contribution < 1.29 is 0 Å². The molecule has 0 N–H and O–H groups in total. The number of hydrogen-bond acceptors (Lipinski definition) is 2. The largest absolute Gasteiger partial charge is 0.361 e. The monoisotopic (exact) mass is 244 g/mol. The maximum Gasteiger partial charge on any atom is 0.117 e. The van der Waals surface area contributed by atoms with E-state index in [4.69, 9.17) is 0 Å². The second-order valence-electron chi connectivity index (χ2n) is 6.81. The van der Waals surface area contributed by atoms with Crippen LogP contribution in [-0.2, 0) is 0 Å².